The number of nitrogens with zero attached hydrogens (tertiary/aromatic N) is 1. The van der Waals surface area contributed by atoms with Crippen LogP contribution in [0.15, 0.2) is 6.20 Å². The van der Waals surface area contributed by atoms with Gasteiger partial charge in [-0.25, -0.2) is 18.1 Å². The molecule has 1 saturated heterocycles. The first-order valence-electron chi connectivity index (χ1n) is 7.66. The third-order valence-corrected chi connectivity index (χ3v) is 8.53. The lowest BCUT2D eigenvalue weighted by atomic mass is 10.0. The molecule has 21 heteroatoms. The number of aromatic amines is 1. The summed E-state index contributed by atoms with van der Waals surface area (Å²) in [7, 11) is -16.7. The number of hydrogen-bond donors (Lipinski definition) is 6. The van der Waals surface area contributed by atoms with E-state index in [1.54, 1.807) is 0 Å². The van der Waals surface area contributed by atoms with Crippen molar-refractivity contribution in [2.45, 2.75) is 30.2 Å². The molecule has 0 bridgehead atoms. The second-order valence-corrected chi connectivity index (χ2v) is 12.2. The molecular weight excluding hydrogens is 552 g/mol. The molecule has 1 aliphatic rings. The number of aromatic nitrogens is 2. The van der Waals surface area contributed by atoms with Gasteiger partial charge in [-0.3, -0.25) is 9.09 Å². The Morgan fingerprint density at radius 2 is 1.84 bits per heavy atom. The van der Waals surface area contributed by atoms with Gasteiger partial charge >= 0.3 is 23.5 Å². The normalized spacial score (nSPS) is 30.6. The van der Waals surface area contributed by atoms with Crippen molar-refractivity contribution in [1.29, 1.82) is 0 Å². The number of nitrogens with one attached hydrogen (secondary N) is 1. The van der Waals surface area contributed by atoms with Crippen LogP contribution < -0.4 is 0 Å². The maximum absolute atomic E-state index is 13.8. The molecule has 6 atom stereocenters. The number of aliphatic hydroxyl groups is 1. The minimum Gasteiger partial charge on any atom is -0.388 e. The number of rotatable bonds is 8. The van der Waals surface area contributed by atoms with Crippen LogP contribution in [-0.4, -0.2) is 57.9 Å². The Balaban J connectivity index is 2.17. The van der Waals surface area contributed by atoms with Crippen LogP contribution in [0.25, 0.3) is 0 Å². The number of alkyl halides is 1. The molecule has 1 aromatic heterocycles. The van der Waals surface area contributed by atoms with Crippen LogP contribution in [0.2, 0.25) is 0 Å². The van der Waals surface area contributed by atoms with Gasteiger partial charge in [-0.05, 0) is 19.1 Å². The van der Waals surface area contributed by atoms with Crippen LogP contribution in [0.1, 0.15) is 13.2 Å². The number of aliphatic hydroxyl groups excluding tert-OH is 1. The summed E-state index contributed by atoms with van der Waals surface area (Å²) in [5, 5.41) is 10.4. The SMILES string of the molecule is CC1(Cl)[C@@H](O)[C@@H](COP(=O)(O)OP(=O)(O)OP(=O)(O)O)O[C@H]1n1cc(F)c(=S)[nH]c1=S. The third-order valence-electron chi connectivity index (χ3n) is 3.71. The van der Waals surface area contributed by atoms with Crippen LogP contribution in [0.4, 0.5) is 4.39 Å². The summed E-state index contributed by atoms with van der Waals surface area (Å²) in [4.78, 5) is 36.3. The van der Waals surface area contributed by atoms with Crippen LogP contribution >= 0.6 is 59.5 Å². The fourth-order valence-corrected chi connectivity index (χ4v) is 6.25. The third kappa shape index (κ3) is 7.03. The highest BCUT2D eigenvalue weighted by atomic mass is 35.5. The molecule has 0 radical (unpaired) electrons. The van der Waals surface area contributed by atoms with Crippen LogP contribution in [0.5, 0.6) is 0 Å². The topological polar surface area (TPSA) is 210 Å². The van der Waals surface area contributed by atoms with E-state index in [0.29, 0.717) is 0 Å². The van der Waals surface area contributed by atoms with E-state index in [4.69, 9.17) is 55.5 Å². The Kier molecular flexibility index (Phi) is 8.26. The van der Waals surface area contributed by atoms with Crippen molar-refractivity contribution in [3.63, 3.8) is 0 Å². The largest absolute Gasteiger partial charge is 0.490 e. The molecule has 0 aliphatic carbocycles. The van der Waals surface area contributed by atoms with Gasteiger partial charge in [0.25, 0.3) is 0 Å². The molecular formula is C10H15ClFN2O12P3S2. The van der Waals surface area contributed by atoms with E-state index in [1.165, 1.54) is 6.92 Å². The lowest BCUT2D eigenvalue weighted by Gasteiger charge is -2.27. The summed E-state index contributed by atoms with van der Waals surface area (Å²) in [6, 6.07) is 0. The lowest BCUT2D eigenvalue weighted by Crippen LogP contribution is -2.40. The van der Waals surface area contributed by atoms with Crippen molar-refractivity contribution in [3.8, 4) is 0 Å². The molecule has 0 aromatic carbocycles. The average molecular weight is 567 g/mol. The molecule has 2 rings (SSSR count). The molecule has 0 amide bonds. The van der Waals surface area contributed by atoms with E-state index in [9.17, 15) is 28.1 Å². The van der Waals surface area contributed by atoms with Crippen LogP contribution in [0.3, 0.4) is 0 Å². The summed E-state index contributed by atoms with van der Waals surface area (Å²) in [6.45, 7) is 0.318. The summed E-state index contributed by atoms with van der Waals surface area (Å²) < 4.78 is 65.2. The molecule has 1 aromatic rings. The van der Waals surface area contributed by atoms with Gasteiger partial charge in [0, 0.05) is 6.20 Å². The zero-order valence-electron chi connectivity index (χ0n) is 15.0. The molecule has 31 heavy (non-hydrogen) atoms. The smallest absolute Gasteiger partial charge is 0.388 e. The van der Waals surface area contributed by atoms with Gasteiger partial charge in [-0.1, -0.05) is 12.2 Å². The molecule has 1 aliphatic heterocycles. The Labute approximate surface area is 188 Å². The monoisotopic (exact) mass is 566 g/mol. The first kappa shape index (κ1) is 27.3. The van der Waals surface area contributed by atoms with Gasteiger partial charge < -0.3 is 34.4 Å². The zero-order valence-corrected chi connectivity index (χ0v) is 20.0. The second-order valence-electron chi connectivity index (χ2n) is 6.15. The van der Waals surface area contributed by atoms with Gasteiger partial charge in [-0.2, -0.15) is 8.62 Å². The maximum Gasteiger partial charge on any atom is 0.490 e. The Morgan fingerprint density at radius 3 is 2.39 bits per heavy atom. The van der Waals surface area contributed by atoms with Crippen molar-refractivity contribution in [2.75, 3.05) is 6.61 Å². The predicted octanol–water partition coefficient (Wildman–Crippen LogP) is 2.01. The van der Waals surface area contributed by atoms with Gasteiger partial charge in [0.15, 0.2) is 16.8 Å². The standard InChI is InChI=1S/C10H15ClFN2O12P3S2/c1-10(11)6(15)5(24-8(10)14-2-4(12)7(30)13-9(14)31)3-23-28(19,20)26-29(21,22)25-27(16,17)18/h2,5-6,8,15H,3H2,1H3,(H,19,20)(H,21,22)(H,13,30,31)(H2,16,17,18)/t5-,6+,8-,10?/m1/s1. The number of H-pyrrole nitrogens is 1. The Bertz CT molecular complexity index is 1110. The maximum atomic E-state index is 13.8. The Morgan fingerprint density at radius 1 is 1.26 bits per heavy atom. The highest BCUT2D eigenvalue weighted by Gasteiger charge is 2.54. The molecule has 14 nitrogen and oxygen atoms in total. The number of phosphoric acid groups is 3. The molecule has 3 unspecified atom stereocenters. The van der Waals surface area contributed by atoms with Gasteiger partial charge in [0.1, 0.15) is 21.7 Å². The fourth-order valence-electron chi connectivity index (χ4n) is 2.46. The summed E-state index contributed by atoms with van der Waals surface area (Å²) in [6.07, 6.45) is -3.54. The molecule has 0 spiro atoms. The molecule has 178 valence electrons. The first-order chi connectivity index (χ1) is 13.8. The van der Waals surface area contributed by atoms with E-state index >= 15 is 0 Å². The van der Waals surface area contributed by atoms with E-state index < -0.39 is 59.2 Å². The highest BCUT2D eigenvalue weighted by Crippen LogP contribution is 2.66. The molecule has 0 saturated carbocycles. The van der Waals surface area contributed by atoms with Crippen molar-refractivity contribution >= 4 is 59.5 Å². The molecule has 2 heterocycles. The van der Waals surface area contributed by atoms with Gasteiger partial charge in [-0.15, -0.1) is 11.6 Å². The Hall–Kier alpha value is 0.0700. The summed E-state index contributed by atoms with van der Waals surface area (Å²) in [5.74, 6) is -0.883. The molecule has 1 fully saturated rings. The highest BCUT2D eigenvalue weighted by molar-refractivity contribution is 7.72. The quantitative estimate of drug-likeness (QED) is 0.151. The van der Waals surface area contributed by atoms with E-state index in [0.717, 1.165) is 10.8 Å². The second kappa shape index (κ2) is 9.37. The summed E-state index contributed by atoms with van der Waals surface area (Å²) in [5.41, 5.74) is 0. The zero-order chi connectivity index (χ0) is 24.0. The number of halogens is 2. The van der Waals surface area contributed by atoms with Gasteiger partial charge in [0.05, 0.1) is 6.61 Å². The van der Waals surface area contributed by atoms with E-state index in [1.807, 2.05) is 0 Å². The van der Waals surface area contributed by atoms with E-state index in [2.05, 4.69) is 18.1 Å². The minimum absolute atomic E-state index is 0.121. The lowest BCUT2D eigenvalue weighted by molar-refractivity contribution is -0.0457. The van der Waals surface area contributed by atoms with Crippen LogP contribution in [-0.2, 0) is 31.6 Å². The molecule has 6 N–H and O–H groups in total. The number of phosphoric ester groups is 1. The average Bonchev–Trinajstić information content (AvgIpc) is 2.76. The van der Waals surface area contributed by atoms with Crippen LogP contribution in [0, 0.1) is 15.2 Å². The van der Waals surface area contributed by atoms with Crippen molar-refractivity contribution in [1.82, 2.24) is 9.55 Å². The minimum atomic E-state index is -5.72. The van der Waals surface area contributed by atoms with Gasteiger partial charge in [0.2, 0.25) is 0 Å². The summed E-state index contributed by atoms with van der Waals surface area (Å²) >= 11 is 16.0. The first-order valence-corrected chi connectivity index (χ1v) is 13.4. The number of ether oxygens (including phenoxy) is 1. The van der Waals surface area contributed by atoms with E-state index in [-0.39, 0.29) is 9.41 Å². The number of hydrogen-bond acceptors (Lipinski definition) is 10. The predicted molar refractivity (Wildman–Crippen MR) is 104 cm³/mol. The van der Waals surface area contributed by atoms with Crippen molar-refractivity contribution in [3.05, 3.63) is 21.4 Å². The fraction of sp³-hybridized carbons (Fsp3) is 0.600. The van der Waals surface area contributed by atoms with Crippen molar-refractivity contribution < 1.29 is 60.6 Å². The van der Waals surface area contributed by atoms with Crippen molar-refractivity contribution in [2.24, 2.45) is 0 Å².